The molecule has 0 aromatic heterocycles. The molecule has 0 saturated heterocycles. The first kappa shape index (κ1) is 23.7. The van der Waals surface area contributed by atoms with Crippen molar-refractivity contribution in [2.24, 2.45) is 0 Å². The maximum absolute atomic E-state index is 12.1. The van der Waals surface area contributed by atoms with Crippen LogP contribution in [0, 0.1) is 0 Å². The van der Waals surface area contributed by atoms with Crippen LogP contribution in [0.2, 0.25) is 15.1 Å². The normalized spacial score (nSPS) is 10.5. The van der Waals surface area contributed by atoms with Gasteiger partial charge in [-0.15, -0.1) is 0 Å². The van der Waals surface area contributed by atoms with Gasteiger partial charge in [0.05, 0.1) is 10.0 Å². The van der Waals surface area contributed by atoms with Crippen molar-refractivity contribution in [3.63, 3.8) is 0 Å². The van der Waals surface area contributed by atoms with Crippen molar-refractivity contribution in [2.45, 2.75) is 13.2 Å². The molecule has 0 saturated carbocycles. The van der Waals surface area contributed by atoms with Crippen LogP contribution in [0.5, 0.6) is 11.5 Å². The largest absolute Gasteiger partial charge is 0.488 e. The lowest BCUT2D eigenvalue weighted by Gasteiger charge is -2.12. The Kier molecular flexibility index (Phi) is 8.22. The van der Waals surface area contributed by atoms with E-state index in [1.807, 2.05) is 6.07 Å². The summed E-state index contributed by atoms with van der Waals surface area (Å²) in [6, 6.07) is 16.4. The van der Waals surface area contributed by atoms with Gasteiger partial charge in [0.1, 0.15) is 23.7 Å². The highest BCUT2D eigenvalue weighted by Gasteiger charge is 2.14. The minimum Gasteiger partial charge on any atom is -0.488 e. The molecule has 0 unspecified atom stereocenters. The van der Waals surface area contributed by atoms with E-state index < -0.39 is 5.97 Å². The first-order chi connectivity index (χ1) is 15.3. The minimum atomic E-state index is -1.14. The summed E-state index contributed by atoms with van der Waals surface area (Å²) in [4.78, 5) is 23.6. The molecule has 6 nitrogen and oxygen atoms in total. The topological polar surface area (TPSA) is 84.9 Å². The molecule has 0 atom stereocenters. The summed E-state index contributed by atoms with van der Waals surface area (Å²) in [5.41, 5.74) is 1.54. The number of halogens is 3. The van der Waals surface area contributed by atoms with Crippen molar-refractivity contribution in [3.05, 3.63) is 92.4 Å². The second kappa shape index (κ2) is 11.1. The number of aromatic carboxylic acids is 1. The summed E-state index contributed by atoms with van der Waals surface area (Å²) in [6.45, 7) is 0.112. The van der Waals surface area contributed by atoms with Crippen LogP contribution >= 0.6 is 34.8 Å². The van der Waals surface area contributed by atoms with Crippen molar-refractivity contribution in [2.75, 3.05) is 6.61 Å². The van der Waals surface area contributed by atoms with Gasteiger partial charge >= 0.3 is 5.97 Å². The number of ether oxygens (including phenoxy) is 2. The summed E-state index contributed by atoms with van der Waals surface area (Å²) in [7, 11) is 0. The fourth-order valence-corrected chi connectivity index (χ4v) is 3.26. The smallest absolute Gasteiger partial charge is 0.339 e. The Bertz CT molecular complexity index is 1140. The Morgan fingerprint density at radius 2 is 1.69 bits per heavy atom. The molecule has 9 heteroatoms. The van der Waals surface area contributed by atoms with E-state index >= 15 is 0 Å². The maximum atomic E-state index is 12.1. The van der Waals surface area contributed by atoms with Gasteiger partial charge in [0.2, 0.25) is 0 Å². The number of amides is 1. The number of rotatable bonds is 9. The monoisotopic (exact) mass is 493 g/mol. The molecule has 3 rings (SSSR count). The standard InChI is InChI=1S/C23H18Cl3NO5/c24-16-3-1-2-15(8-16)12-32-21-10-17(5-6-18(21)23(29)30)31-13-22(28)27-11-14-4-7-19(25)20(26)9-14/h1-10H,11-13H2,(H,27,28)(H,29,30). The second-order valence-corrected chi connectivity index (χ2v) is 7.95. The van der Waals surface area contributed by atoms with Crippen LogP contribution in [-0.2, 0) is 17.9 Å². The van der Waals surface area contributed by atoms with E-state index in [0.29, 0.717) is 20.8 Å². The molecular weight excluding hydrogens is 477 g/mol. The molecular formula is C23H18Cl3NO5. The number of carbonyl (C=O) groups excluding carboxylic acids is 1. The molecule has 0 aliphatic carbocycles. The average molecular weight is 495 g/mol. The number of nitrogens with one attached hydrogen (secondary N) is 1. The molecule has 0 heterocycles. The Balaban J connectivity index is 1.59. The summed E-state index contributed by atoms with van der Waals surface area (Å²) in [5.74, 6) is -1.09. The lowest BCUT2D eigenvalue weighted by Crippen LogP contribution is -2.28. The number of carboxylic acids is 1. The minimum absolute atomic E-state index is 0.0246. The predicted molar refractivity (Wildman–Crippen MR) is 123 cm³/mol. The zero-order valence-electron chi connectivity index (χ0n) is 16.6. The van der Waals surface area contributed by atoms with Gasteiger partial charge in [-0.1, -0.05) is 53.0 Å². The fourth-order valence-electron chi connectivity index (χ4n) is 2.73. The van der Waals surface area contributed by atoms with E-state index in [2.05, 4.69) is 5.32 Å². The van der Waals surface area contributed by atoms with E-state index in [-0.39, 0.29) is 37.0 Å². The zero-order chi connectivity index (χ0) is 23.1. The van der Waals surface area contributed by atoms with Gasteiger partial charge in [-0.05, 0) is 47.5 Å². The molecule has 1 amide bonds. The molecule has 3 aromatic carbocycles. The number of hydrogen-bond acceptors (Lipinski definition) is 4. The predicted octanol–water partition coefficient (Wildman–Crippen LogP) is 5.62. The summed E-state index contributed by atoms with van der Waals surface area (Å²) in [5, 5.41) is 13.5. The van der Waals surface area contributed by atoms with Crippen LogP contribution in [0.4, 0.5) is 0 Å². The van der Waals surface area contributed by atoms with E-state index in [1.165, 1.54) is 18.2 Å². The number of benzene rings is 3. The van der Waals surface area contributed by atoms with Crippen LogP contribution in [0.25, 0.3) is 0 Å². The first-order valence-electron chi connectivity index (χ1n) is 9.40. The first-order valence-corrected chi connectivity index (χ1v) is 10.5. The van der Waals surface area contributed by atoms with Gasteiger partial charge in [0, 0.05) is 17.6 Å². The summed E-state index contributed by atoms with van der Waals surface area (Å²) < 4.78 is 11.2. The van der Waals surface area contributed by atoms with Crippen molar-refractivity contribution >= 4 is 46.7 Å². The lowest BCUT2D eigenvalue weighted by molar-refractivity contribution is -0.123. The van der Waals surface area contributed by atoms with Gasteiger partial charge in [-0.3, -0.25) is 4.79 Å². The van der Waals surface area contributed by atoms with Crippen LogP contribution < -0.4 is 14.8 Å². The maximum Gasteiger partial charge on any atom is 0.339 e. The van der Waals surface area contributed by atoms with Crippen LogP contribution in [0.1, 0.15) is 21.5 Å². The third kappa shape index (κ3) is 6.79. The summed E-state index contributed by atoms with van der Waals surface area (Å²) >= 11 is 17.8. The highest BCUT2D eigenvalue weighted by molar-refractivity contribution is 6.42. The highest BCUT2D eigenvalue weighted by atomic mass is 35.5. The van der Waals surface area contributed by atoms with Gasteiger partial charge in [-0.2, -0.15) is 0 Å². The Hall–Kier alpha value is -2.93. The van der Waals surface area contributed by atoms with Crippen molar-refractivity contribution in [1.29, 1.82) is 0 Å². The average Bonchev–Trinajstić information content (AvgIpc) is 2.77. The Morgan fingerprint density at radius 3 is 2.41 bits per heavy atom. The van der Waals surface area contributed by atoms with Crippen LogP contribution in [0.3, 0.4) is 0 Å². The molecule has 166 valence electrons. The van der Waals surface area contributed by atoms with Crippen LogP contribution in [-0.4, -0.2) is 23.6 Å². The fraction of sp³-hybridized carbons (Fsp3) is 0.130. The van der Waals surface area contributed by atoms with E-state index in [4.69, 9.17) is 44.3 Å². The molecule has 0 spiro atoms. The molecule has 2 N–H and O–H groups in total. The molecule has 0 aliphatic rings. The SMILES string of the molecule is O=C(COc1ccc(C(=O)O)c(OCc2cccc(Cl)c2)c1)NCc1ccc(Cl)c(Cl)c1. The highest BCUT2D eigenvalue weighted by Crippen LogP contribution is 2.26. The van der Waals surface area contributed by atoms with Gasteiger partial charge in [0.15, 0.2) is 6.61 Å². The van der Waals surface area contributed by atoms with E-state index in [1.54, 1.807) is 36.4 Å². The Labute approximate surface area is 199 Å². The van der Waals surface area contributed by atoms with Crippen LogP contribution in [0.15, 0.2) is 60.7 Å². The molecule has 0 aliphatic heterocycles. The molecule has 32 heavy (non-hydrogen) atoms. The zero-order valence-corrected chi connectivity index (χ0v) is 18.9. The quantitative estimate of drug-likeness (QED) is 0.403. The van der Waals surface area contributed by atoms with Gasteiger partial charge in [-0.25, -0.2) is 4.79 Å². The number of carboxylic acid groups (broad SMARTS) is 1. The van der Waals surface area contributed by atoms with E-state index in [9.17, 15) is 14.7 Å². The number of hydrogen-bond donors (Lipinski definition) is 2. The Morgan fingerprint density at radius 1 is 0.875 bits per heavy atom. The molecule has 0 bridgehead atoms. The lowest BCUT2D eigenvalue weighted by atomic mass is 10.2. The number of carbonyl (C=O) groups is 2. The van der Waals surface area contributed by atoms with Gasteiger partial charge in [0.25, 0.3) is 5.91 Å². The molecule has 0 fully saturated rings. The third-order valence-corrected chi connectivity index (χ3v) is 5.28. The summed E-state index contributed by atoms with van der Waals surface area (Å²) in [6.07, 6.45) is 0. The molecule has 0 radical (unpaired) electrons. The van der Waals surface area contributed by atoms with Crippen molar-refractivity contribution < 1.29 is 24.2 Å². The van der Waals surface area contributed by atoms with Crippen molar-refractivity contribution in [1.82, 2.24) is 5.32 Å². The van der Waals surface area contributed by atoms with Crippen molar-refractivity contribution in [3.8, 4) is 11.5 Å². The third-order valence-electron chi connectivity index (χ3n) is 4.31. The molecule has 3 aromatic rings. The van der Waals surface area contributed by atoms with E-state index in [0.717, 1.165) is 11.1 Å². The second-order valence-electron chi connectivity index (χ2n) is 6.70. The van der Waals surface area contributed by atoms with Gasteiger partial charge < -0.3 is 19.9 Å².